The second-order valence-electron chi connectivity index (χ2n) is 10.8. The number of halogens is 1. The Morgan fingerprint density at radius 2 is 1.89 bits per heavy atom. The van der Waals surface area contributed by atoms with Crippen molar-refractivity contribution in [1.82, 2.24) is 9.97 Å². The third-order valence-electron chi connectivity index (χ3n) is 7.19. The van der Waals surface area contributed by atoms with Gasteiger partial charge >= 0.3 is 0 Å². The number of benzene rings is 2. The van der Waals surface area contributed by atoms with Gasteiger partial charge in [-0.2, -0.15) is 0 Å². The van der Waals surface area contributed by atoms with E-state index < -0.39 is 0 Å². The van der Waals surface area contributed by atoms with Gasteiger partial charge in [-0.1, -0.05) is 39.0 Å². The fourth-order valence-electron chi connectivity index (χ4n) is 5.00. The first kappa shape index (κ1) is 26.8. The molecule has 1 aliphatic carbocycles. The van der Waals surface area contributed by atoms with Crippen LogP contribution in [0.15, 0.2) is 51.7 Å². The molecule has 1 atom stereocenters. The maximum atomic E-state index is 13.2. The van der Waals surface area contributed by atoms with Crippen LogP contribution in [0.2, 0.25) is 0 Å². The van der Waals surface area contributed by atoms with E-state index in [2.05, 4.69) is 41.7 Å². The summed E-state index contributed by atoms with van der Waals surface area (Å²) in [6.07, 6.45) is 3.77. The van der Waals surface area contributed by atoms with Crippen LogP contribution in [0.25, 0.3) is 21.6 Å². The molecule has 0 saturated heterocycles. The number of methoxy groups -OCH3 is 1. The van der Waals surface area contributed by atoms with Crippen molar-refractivity contribution >= 4 is 37.5 Å². The number of rotatable bonds is 8. The summed E-state index contributed by atoms with van der Waals surface area (Å²) in [7, 11) is 1.61. The molecule has 0 amide bonds. The summed E-state index contributed by atoms with van der Waals surface area (Å²) in [5.74, 6) is 3.16. The first-order valence-electron chi connectivity index (χ1n) is 13.0. The van der Waals surface area contributed by atoms with Gasteiger partial charge in [0.1, 0.15) is 16.4 Å². The van der Waals surface area contributed by atoms with Gasteiger partial charge in [0.25, 0.3) is 5.56 Å². The van der Waals surface area contributed by atoms with Crippen molar-refractivity contribution in [2.75, 3.05) is 20.3 Å². The maximum Gasteiger partial charge on any atom is 0.260 e. The van der Waals surface area contributed by atoms with Gasteiger partial charge in [-0.05, 0) is 76.4 Å². The minimum Gasteiger partial charge on any atom is -0.493 e. The number of nitrogens with one attached hydrogen (secondary N) is 1. The topological polar surface area (TPSA) is 73.4 Å². The molecule has 5 rings (SSSR count). The average Bonchev–Trinajstić information content (AvgIpc) is 3.27. The highest BCUT2D eigenvalue weighted by atomic mass is 79.9. The Hall–Kier alpha value is -2.84. The Balaban J connectivity index is 1.35. The molecule has 0 bridgehead atoms. The molecular formula is C30H33BrN2O4S. The molecule has 8 heteroatoms. The zero-order valence-corrected chi connectivity index (χ0v) is 24.6. The van der Waals surface area contributed by atoms with Crippen molar-refractivity contribution in [3.8, 4) is 28.6 Å². The van der Waals surface area contributed by atoms with E-state index in [1.165, 1.54) is 10.4 Å². The van der Waals surface area contributed by atoms with Crippen LogP contribution in [0, 0.1) is 11.3 Å². The average molecular weight is 598 g/mol. The van der Waals surface area contributed by atoms with Crippen LogP contribution in [-0.2, 0) is 12.8 Å². The van der Waals surface area contributed by atoms with Gasteiger partial charge in [-0.15, -0.1) is 11.3 Å². The molecule has 0 radical (unpaired) electrons. The zero-order valence-electron chi connectivity index (χ0n) is 22.2. The van der Waals surface area contributed by atoms with Crippen LogP contribution in [0.4, 0.5) is 0 Å². The number of aromatic nitrogens is 2. The summed E-state index contributed by atoms with van der Waals surface area (Å²) in [6, 6.07) is 13.5. The number of hydrogen-bond acceptors (Lipinski definition) is 6. The lowest BCUT2D eigenvalue weighted by Gasteiger charge is -2.33. The summed E-state index contributed by atoms with van der Waals surface area (Å²) in [6.45, 7) is 7.93. The predicted molar refractivity (Wildman–Crippen MR) is 157 cm³/mol. The summed E-state index contributed by atoms with van der Waals surface area (Å²) in [4.78, 5) is 23.2. The number of nitrogens with zero attached hydrogens (tertiary/aromatic N) is 1. The number of ether oxygens (including phenoxy) is 3. The Morgan fingerprint density at radius 1 is 1.13 bits per heavy atom. The zero-order chi connectivity index (χ0) is 26.9. The summed E-state index contributed by atoms with van der Waals surface area (Å²) in [5.41, 5.74) is 2.11. The highest BCUT2D eigenvalue weighted by Crippen LogP contribution is 2.43. The molecule has 0 unspecified atom stereocenters. The molecule has 0 fully saturated rings. The van der Waals surface area contributed by atoms with E-state index in [4.69, 9.17) is 19.2 Å². The first-order chi connectivity index (χ1) is 18.2. The molecule has 4 aromatic rings. The quantitative estimate of drug-likeness (QED) is 0.214. The highest BCUT2D eigenvalue weighted by Gasteiger charge is 2.31. The SMILES string of the molecule is COc1cc(-c2nc3sc4c(c3c(=O)[nH]2)CC[C@H](C(C)(C)C)C4)cc(Br)c1OCCCOc1ccccc1. The predicted octanol–water partition coefficient (Wildman–Crippen LogP) is 7.42. The molecule has 0 aliphatic heterocycles. The molecule has 6 nitrogen and oxygen atoms in total. The van der Waals surface area contributed by atoms with Crippen LogP contribution < -0.4 is 19.8 Å². The van der Waals surface area contributed by atoms with E-state index in [0.29, 0.717) is 36.5 Å². The molecule has 38 heavy (non-hydrogen) atoms. The van der Waals surface area contributed by atoms with Gasteiger partial charge in [0.2, 0.25) is 0 Å². The van der Waals surface area contributed by atoms with Crippen LogP contribution in [0.3, 0.4) is 0 Å². The van der Waals surface area contributed by atoms with Gasteiger partial charge in [0.15, 0.2) is 11.5 Å². The third-order valence-corrected chi connectivity index (χ3v) is 8.93. The van der Waals surface area contributed by atoms with Crippen molar-refractivity contribution in [3.05, 3.63) is 67.7 Å². The monoisotopic (exact) mass is 596 g/mol. The lowest BCUT2D eigenvalue weighted by atomic mass is 9.72. The molecule has 1 aliphatic rings. The Morgan fingerprint density at radius 3 is 2.63 bits per heavy atom. The number of aromatic amines is 1. The fourth-order valence-corrected chi connectivity index (χ4v) is 6.85. The number of aryl methyl sites for hydroxylation is 1. The van der Waals surface area contributed by atoms with Crippen LogP contribution in [-0.4, -0.2) is 30.3 Å². The van der Waals surface area contributed by atoms with Crippen LogP contribution in [0.5, 0.6) is 17.2 Å². The largest absolute Gasteiger partial charge is 0.493 e. The van der Waals surface area contributed by atoms with E-state index in [-0.39, 0.29) is 11.0 Å². The van der Waals surface area contributed by atoms with Crippen LogP contribution >= 0.6 is 27.3 Å². The van der Waals surface area contributed by atoms with Gasteiger partial charge in [0.05, 0.1) is 30.2 Å². The lowest BCUT2D eigenvalue weighted by molar-refractivity contribution is 0.218. The minimum absolute atomic E-state index is 0.0782. The lowest BCUT2D eigenvalue weighted by Crippen LogP contribution is -2.26. The normalized spacial score (nSPS) is 15.3. The van der Waals surface area contributed by atoms with Crippen molar-refractivity contribution in [1.29, 1.82) is 0 Å². The van der Waals surface area contributed by atoms with Crippen molar-refractivity contribution < 1.29 is 14.2 Å². The van der Waals surface area contributed by atoms with Crippen molar-refractivity contribution in [2.24, 2.45) is 11.3 Å². The molecule has 2 aromatic heterocycles. The summed E-state index contributed by atoms with van der Waals surface area (Å²) < 4.78 is 18.1. The van der Waals surface area contributed by atoms with E-state index in [1.54, 1.807) is 18.4 Å². The molecule has 1 N–H and O–H groups in total. The van der Waals surface area contributed by atoms with Gasteiger partial charge in [-0.25, -0.2) is 4.98 Å². The third kappa shape index (κ3) is 5.61. The Kier molecular flexibility index (Phi) is 7.82. The smallest absolute Gasteiger partial charge is 0.260 e. The van der Waals surface area contributed by atoms with Gasteiger partial charge < -0.3 is 19.2 Å². The van der Waals surface area contributed by atoms with Gasteiger partial charge in [0, 0.05) is 16.9 Å². The maximum absolute atomic E-state index is 13.2. The minimum atomic E-state index is -0.0782. The van der Waals surface area contributed by atoms with E-state index in [0.717, 1.165) is 51.7 Å². The van der Waals surface area contributed by atoms with E-state index >= 15 is 0 Å². The molecule has 200 valence electrons. The summed E-state index contributed by atoms with van der Waals surface area (Å²) >= 11 is 5.29. The van der Waals surface area contributed by atoms with E-state index in [1.807, 2.05) is 42.5 Å². The molecule has 0 saturated carbocycles. The van der Waals surface area contributed by atoms with E-state index in [9.17, 15) is 4.79 Å². The summed E-state index contributed by atoms with van der Waals surface area (Å²) in [5, 5.41) is 0.754. The second kappa shape index (κ2) is 11.1. The van der Waals surface area contributed by atoms with Crippen LogP contribution in [0.1, 0.15) is 44.1 Å². The number of H-pyrrole nitrogens is 1. The molecule has 2 aromatic carbocycles. The molecular weight excluding hydrogens is 564 g/mol. The molecule has 0 spiro atoms. The fraction of sp³-hybridized carbons (Fsp3) is 0.400. The first-order valence-corrected chi connectivity index (χ1v) is 14.6. The Labute approximate surface area is 235 Å². The number of thiophene rings is 1. The van der Waals surface area contributed by atoms with Gasteiger partial charge in [-0.3, -0.25) is 4.79 Å². The molecule has 2 heterocycles. The number of para-hydroxylation sites is 1. The number of hydrogen-bond donors (Lipinski definition) is 1. The number of fused-ring (bicyclic) bond motifs is 3. The standard InChI is InChI=1S/C30H33BrN2O4S/c1-30(2,3)19-11-12-21-24(17-19)38-29-25(21)28(34)32-27(33-29)18-15-22(31)26(23(16-18)35-4)37-14-8-13-36-20-9-6-5-7-10-20/h5-7,9-10,15-16,19H,8,11-14,17H2,1-4H3,(H,32,33,34)/t19-/m0/s1. The van der Waals surface area contributed by atoms with Crippen molar-refractivity contribution in [3.63, 3.8) is 0 Å². The Bertz CT molecular complexity index is 1490. The second-order valence-corrected chi connectivity index (χ2v) is 12.7. The van der Waals surface area contributed by atoms with Crippen molar-refractivity contribution in [2.45, 2.75) is 46.5 Å². The highest BCUT2D eigenvalue weighted by molar-refractivity contribution is 9.10.